The van der Waals surface area contributed by atoms with E-state index in [4.69, 9.17) is 9.47 Å². The first-order chi connectivity index (χ1) is 13.6. The predicted molar refractivity (Wildman–Crippen MR) is 107 cm³/mol. The molecule has 9 nitrogen and oxygen atoms in total. The highest BCUT2D eigenvalue weighted by Crippen LogP contribution is 2.29. The Labute approximate surface area is 168 Å². The number of nitro groups is 1. The molecule has 1 aromatic carbocycles. The fraction of sp³-hybridized carbons (Fsp3) is 0.400. The Hall–Kier alpha value is -3.36. The van der Waals surface area contributed by atoms with Crippen LogP contribution in [0.4, 0.5) is 11.4 Å². The van der Waals surface area contributed by atoms with Crippen LogP contribution in [0.5, 0.6) is 5.75 Å². The molecule has 0 spiro atoms. The zero-order valence-corrected chi connectivity index (χ0v) is 17.3. The molecule has 1 aromatic heterocycles. The molecule has 0 saturated carbocycles. The van der Waals surface area contributed by atoms with Gasteiger partial charge in [0.05, 0.1) is 29.4 Å². The summed E-state index contributed by atoms with van der Waals surface area (Å²) in [6.45, 7) is 9.22. The van der Waals surface area contributed by atoms with E-state index < -0.39 is 22.9 Å². The van der Waals surface area contributed by atoms with Gasteiger partial charge in [-0.05, 0) is 46.8 Å². The third kappa shape index (κ3) is 4.74. The number of benzene rings is 1. The number of nitrogens with zero attached hydrogens (tertiary/aromatic N) is 2. The number of methoxy groups -OCH3 is 1. The van der Waals surface area contributed by atoms with Crippen molar-refractivity contribution in [1.29, 1.82) is 0 Å². The van der Waals surface area contributed by atoms with Crippen molar-refractivity contribution in [3.63, 3.8) is 0 Å². The number of hydrogen-bond donors (Lipinski definition) is 1. The first-order valence-corrected chi connectivity index (χ1v) is 9.09. The molecule has 0 fully saturated rings. The minimum Gasteiger partial charge on any atom is -0.494 e. The third-order valence-corrected chi connectivity index (χ3v) is 4.53. The Morgan fingerprint density at radius 1 is 1.17 bits per heavy atom. The summed E-state index contributed by atoms with van der Waals surface area (Å²) in [5.74, 6) is -1.04. The van der Waals surface area contributed by atoms with Gasteiger partial charge >= 0.3 is 5.97 Å². The maximum atomic E-state index is 12.5. The zero-order chi connectivity index (χ0) is 21.9. The monoisotopic (exact) mass is 403 g/mol. The number of ether oxygens (including phenoxy) is 2. The molecule has 2 aromatic rings. The number of aromatic nitrogens is 1. The van der Waals surface area contributed by atoms with Gasteiger partial charge in [-0.15, -0.1) is 0 Å². The van der Waals surface area contributed by atoms with Crippen LogP contribution in [0.1, 0.15) is 48.6 Å². The molecular formula is C20H25N3O6. The molecule has 1 amide bonds. The smallest absolute Gasteiger partial charge is 0.340 e. The second-order valence-corrected chi connectivity index (χ2v) is 6.93. The molecule has 1 heterocycles. The molecule has 156 valence electrons. The van der Waals surface area contributed by atoms with Gasteiger partial charge in [-0.1, -0.05) is 0 Å². The number of carbonyl (C=O) groups is 2. The van der Waals surface area contributed by atoms with Crippen molar-refractivity contribution in [2.24, 2.45) is 0 Å². The number of nitrogens with one attached hydrogen (secondary N) is 1. The quantitative estimate of drug-likeness (QED) is 0.428. The highest BCUT2D eigenvalue weighted by atomic mass is 16.6. The average molecular weight is 403 g/mol. The summed E-state index contributed by atoms with van der Waals surface area (Å²) < 4.78 is 12.4. The van der Waals surface area contributed by atoms with Gasteiger partial charge in [0.2, 0.25) is 0 Å². The van der Waals surface area contributed by atoms with Crippen LogP contribution in [-0.4, -0.2) is 34.6 Å². The van der Waals surface area contributed by atoms with Gasteiger partial charge in [0.25, 0.3) is 11.6 Å². The highest BCUT2D eigenvalue weighted by Gasteiger charge is 2.24. The number of nitro benzene ring substituents is 1. The molecule has 0 aliphatic carbocycles. The van der Waals surface area contributed by atoms with E-state index in [-0.39, 0.29) is 23.2 Å². The van der Waals surface area contributed by atoms with Crippen molar-refractivity contribution in [3.05, 3.63) is 51.3 Å². The van der Waals surface area contributed by atoms with E-state index in [0.717, 1.165) is 11.4 Å². The molecular weight excluding hydrogens is 378 g/mol. The molecule has 2 rings (SSSR count). The lowest BCUT2D eigenvalue weighted by atomic mass is 10.2. The summed E-state index contributed by atoms with van der Waals surface area (Å²) in [5, 5.41) is 13.4. The number of anilines is 1. The van der Waals surface area contributed by atoms with E-state index in [1.807, 2.05) is 32.3 Å². The topological polar surface area (TPSA) is 113 Å². The first kappa shape index (κ1) is 21.9. The maximum Gasteiger partial charge on any atom is 0.340 e. The number of esters is 1. The summed E-state index contributed by atoms with van der Waals surface area (Å²) in [4.78, 5) is 35.3. The Morgan fingerprint density at radius 3 is 2.34 bits per heavy atom. The van der Waals surface area contributed by atoms with Crippen LogP contribution < -0.4 is 10.1 Å². The maximum absolute atomic E-state index is 12.5. The van der Waals surface area contributed by atoms with Crippen molar-refractivity contribution in [2.75, 3.05) is 12.4 Å². The molecule has 9 heteroatoms. The molecule has 0 bridgehead atoms. The van der Waals surface area contributed by atoms with Crippen molar-refractivity contribution >= 4 is 23.3 Å². The van der Waals surface area contributed by atoms with E-state index in [9.17, 15) is 19.7 Å². The molecule has 0 radical (unpaired) electrons. The summed E-state index contributed by atoms with van der Waals surface area (Å²) in [6.07, 6.45) is -1.08. The number of non-ortho nitro benzene ring substituents is 1. The molecule has 1 atom stereocenters. The highest BCUT2D eigenvalue weighted by molar-refractivity contribution is 5.98. The Morgan fingerprint density at radius 2 is 1.83 bits per heavy atom. The number of rotatable bonds is 7. The summed E-state index contributed by atoms with van der Waals surface area (Å²) in [5.41, 5.74) is 2.18. The van der Waals surface area contributed by atoms with Crippen molar-refractivity contribution in [3.8, 4) is 5.75 Å². The van der Waals surface area contributed by atoms with Gasteiger partial charge in [0.15, 0.2) is 6.10 Å². The number of carbonyl (C=O) groups excluding carboxylic acids is 2. The standard InChI is InChI=1S/C20H25N3O6/c1-11(2)22-12(3)9-16(13(22)4)20(25)29-14(5)19(24)21-17-8-7-15(23(26)27)10-18(17)28-6/h7-11,14H,1-6H3,(H,21,24)/t14-/m0/s1. The first-order valence-electron chi connectivity index (χ1n) is 9.09. The lowest BCUT2D eigenvalue weighted by Gasteiger charge is -2.16. The van der Waals surface area contributed by atoms with Gasteiger partial charge in [-0.3, -0.25) is 14.9 Å². The average Bonchev–Trinajstić information content (AvgIpc) is 2.96. The minimum atomic E-state index is -1.08. The van der Waals surface area contributed by atoms with Crippen LogP contribution in [0.2, 0.25) is 0 Å². The summed E-state index contributed by atoms with van der Waals surface area (Å²) in [7, 11) is 1.34. The molecule has 0 saturated heterocycles. The van der Waals surface area contributed by atoms with Crippen molar-refractivity contribution in [2.45, 2.75) is 46.8 Å². The van der Waals surface area contributed by atoms with E-state index in [2.05, 4.69) is 5.32 Å². The fourth-order valence-corrected chi connectivity index (χ4v) is 3.19. The number of amides is 1. The van der Waals surface area contributed by atoms with Crippen molar-refractivity contribution in [1.82, 2.24) is 4.57 Å². The summed E-state index contributed by atoms with van der Waals surface area (Å²) in [6, 6.07) is 5.73. The van der Waals surface area contributed by atoms with Crippen molar-refractivity contribution < 1.29 is 24.0 Å². The second-order valence-electron chi connectivity index (χ2n) is 6.93. The summed E-state index contributed by atoms with van der Waals surface area (Å²) >= 11 is 0. The zero-order valence-electron chi connectivity index (χ0n) is 17.3. The van der Waals surface area contributed by atoms with Crippen LogP contribution in [0, 0.1) is 24.0 Å². The third-order valence-electron chi connectivity index (χ3n) is 4.53. The fourth-order valence-electron chi connectivity index (χ4n) is 3.19. The Bertz CT molecular complexity index is 948. The van der Waals surface area contributed by atoms with Crippen LogP contribution in [-0.2, 0) is 9.53 Å². The molecule has 29 heavy (non-hydrogen) atoms. The van der Waals surface area contributed by atoms with Gasteiger partial charge in [-0.25, -0.2) is 4.79 Å². The molecule has 0 aliphatic heterocycles. The normalized spacial score (nSPS) is 11.8. The van der Waals surface area contributed by atoms with Crippen LogP contribution in [0.3, 0.4) is 0 Å². The molecule has 0 unspecified atom stereocenters. The van der Waals surface area contributed by atoms with Gasteiger partial charge in [-0.2, -0.15) is 0 Å². The van der Waals surface area contributed by atoms with E-state index in [1.165, 1.54) is 32.2 Å². The SMILES string of the molecule is COc1cc([N+](=O)[O-])ccc1NC(=O)[C@H](C)OC(=O)c1cc(C)n(C(C)C)c1C. The Kier molecular flexibility index (Phi) is 6.63. The lowest BCUT2D eigenvalue weighted by Crippen LogP contribution is -2.30. The van der Waals surface area contributed by atoms with E-state index >= 15 is 0 Å². The molecule has 0 aliphatic rings. The minimum absolute atomic E-state index is 0.131. The second kappa shape index (κ2) is 8.76. The van der Waals surface area contributed by atoms with Gasteiger partial charge in [0, 0.05) is 23.5 Å². The van der Waals surface area contributed by atoms with Gasteiger partial charge < -0.3 is 19.4 Å². The van der Waals surface area contributed by atoms with Gasteiger partial charge in [0.1, 0.15) is 5.75 Å². The molecule has 1 N–H and O–H groups in total. The van der Waals surface area contributed by atoms with E-state index in [1.54, 1.807) is 6.07 Å². The van der Waals surface area contributed by atoms with Crippen LogP contribution >= 0.6 is 0 Å². The largest absolute Gasteiger partial charge is 0.494 e. The number of aryl methyl sites for hydroxylation is 1. The number of hydrogen-bond acceptors (Lipinski definition) is 6. The van der Waals surface area contributed by atoms with Crippen LogP contribution in [0.25, 0.3) is 0 Å². The lowest BCUT2D eigenvalue weighted by molar-refractivity contribution is -0.384. The Balaban J connectivity index is 2.13. The van der Waals surface area contributed by atoms with E-state index in [0.29, 0.717) is 5.56 Å². The predicted octanol–water partition coefficient (Wildman–Crippen LogP) is 3.79. The van der Waals surface area contributed by atoms with Crippen LogP contribution in [0.15, 0.2) is 24.3 Å².